The molecule has 0 aromatic heterocycles. The molecule has 0 spiro atoms. The number of halogens is 1. The Morgan fingerprint density at radius 3 is 2.83 bits per heavy atom. The van der Waals surface area contributed by atoms with Gasteiger partial charge in [0.2, 0.25) is 0 Å². The van der Waals surface area contributed by atoms with Crippen molar-refractivity contribution in [2.75, 3.05) is 0 Å². The fourth-order valence-corrected chi connectivity index (χ4v) is 1.58. The van der Waals surface area contributed by atoms with E-state index in [4.69, 9.17) is 11.3 Å². The van der Waals surface area contributed by atoms with Crippen LogP contribution in [0, 0.1) is 3.57 Å². The highest BCUT2D eigenvalue weighted by atomic mass is 127. The lowest BCUT2D eigenvalue weighted by atomic mass is 10.2. The Morgan fingerprint density at radius 2 is 2.25 bits per heavy atom. The predicted octanol–water partition coefficient (Wildman–Crippen LogP) is 2.69. The lowest BCUT2D eigenvalue weighted by molar-refractivity contribution is 1.07. The average molecular weight is 274 g/mol. The van der Waals surface area contributed by atoms with Gasteiger partial charge in [-0.3, -0.25) is 0 Å². The molecule has 0 atom stereocenters. The SMILES string of the molecule is [N-]=[N+]=Nc1cc(I)cc(CN)c1. The Morgan fingerprint density at radius 1 is 1.50 bits per heavy atom. The number of azide groups is 1. The monoisotopic (exact) mass is 274 g/mol. The minimum Gasteiger partial charge on any atom is -0.326 e. The molecule has 1 aromatic rings. The molecule has 1 aromatic carbocycles. The van der Waals surface area contributed by atoms with E-state index in [-0.39, 0.29) is 0 Å². The number of rotatable bonds is 2. The normalized spacial score (nSPS) is 9.17. The summed E-state index contributed by atoms with van der Waals surface area (Å²) in [4.78, 5) is 2.70. The zero-order valence-electron chi connectivity index (χ0n) is 6.24. The number of nitrogens with zero attached hydrogens (tertiary/aromatic N) is 3. The van der Waals surface area contributed by atoms with Crippen molar-refractivity contribution in [3.05, 3.63) is 37.8 Å². The van der Waals surface area contributed by atoms with E-state index < -0.39 is 0 Å². The summed E-state index contributed by atoms with van der Waals surface area (Å²) in [5.74, 6) is 0. The van der Waals surface area contributed by atoms with E-state index in [1.54, 1.807) is 12.1 Å². The number of hydrogen-bond acceptors (Lipinski definition) is 2. The van der Waals surface area contributed by atoms with Crippen LogP contribution in [0.15, 0.2) is 23.3 Å². The summed E-state index contributed by atoms with van der Waals surface area (Å²) in [6, 6.07) is 5.54. The van der Waals surface area contributed by atoms with E-state index in [2.05, 4.69) is 32.6 Å². The van der Waals surface area contributed by atoms with Gasteiger partial charge in [-0.2, -0.15) is 0 Å². The van der Waals surface area contributed by atoms with Crippen LogP contribution in [0.5, 0.6) is 0 Å². The Balaban J connectivity index is 3.14. The fourth-order valence-electron chi connectivity index (χ4n) is 0.861. The summed E-state index contributed by atoms with van der Waals surface area (Å²) < 4.78 is 1.03. The van der Waals surface area contributed by atoms with E-state index in [0.717, 1.165) is 9.13 Å². The highest BCUT2D eigenvalue weighted by molar-refractivity contribution is 14.1. The molecule has 12 heavy (non-hydrogen) atoms. The molecule has 0 saturated heterocycles. The third kappa shape index (κ3) is 2.37. The van der Waals surface area contributed by atoms with Crippen LogP contribution in [0.4, 0.5) is 5.69 Å². The van der Waals surface area contributed by atoms with E-state index >= 15 is 0 Å². The number of hydrogen-bond donors (Lipinski definition) is 1. The summed E-state index contributed by atoms with van der Waals surface area (Å²) in [6.07, 6.45) is 0. The first-order valence-corrected chi connectivity index (χ1v) is 4.39. The van der Waals surface area contributed by atoms with Crippen LogP contribution >= 0.6 is 22.6 Å². The molecule has 0 aliphatic heterocycles. The molecule has 0 fully saturated rings. The van der Waals surface area contributed by atoms with Crippen molar-refractivity contribution in [2.24, 2.45) is 10.8 Å². The quantitative estimate of drug-likeness (QED) is 0.383. The van der Waals surface area contributed by atoms with Gasteiger partial charge in [0.1, 0.15) is 0 Å². The molecule has 62 valence electrons. The maximum Gasteiger partial charge on any atom is 0.0389 e. The third-order valence-corrected chi connectivity index (χ3v) is 1.96. The Bertz CT molecular complexity index is 330. The van der Waals surface area contributed by atoms with Crippen LogP contribution in [0.3, 0.4) is 0 Å². The Labute approximate surface area is 83.5 Å². The lowest BCUT2D eigenvalue weighted by Gasteiger charge is -1.99. The zero-order chi connectivity index (χ0) is 8.97. The van der Waals surface area contributed by atoms with Crippen molar-refractivity contribution in [3.8, 4) is 0 Å². The van der Waals surface area contributed by atoms with Gasteiger partial charge in [-0.15, -0.1) is 0 Å². The molecule has 1 rings (SSSR count). The first kappa shape index (κ1) is 9.31. The molecule has 0 saturated carbocycles. The molecular formula is C7H7IN4. The van der Waals surface area contributed by atoms with Crippen molar-refractivity contribution in [1.82, 2.24) is 0 Å². The minimum absolute atomic E-state index is 0.463. The fraction of sp³-hybridized carbons (Fsp3) is 0.143. The van der Waals surface area contributed by atoms with Crippen LogP contribution in [-0.2, 0) is 6.54 Å². The molecular weight excluding hydrogens is 267 g/mol. The molecule has 0 aliphatic carbocycles. The summed E-state index contributed by atoms with van der Waals surface area (Å²) in [6.45, 7) is 0.463. The number of benzene rings is 1. The van der Waals surface area contributed by atoms with Gasteiger partial charge in [0.15, 0.2) is 0 Å². The van der Waals surface area contributed by atoms with Crippen molar-refractivity contribution >= 4 is 28.3 Å². The van der Waals surface area contributed by atoms with Crippen molar-refractivity contribution in [1.29, 1.82) is 0 Å². The molecule has 0 unspecified atom stereocenters. The van der Waals surface area contributed by atoms with Gasteiger partial charge in [0.25, 0.3) is 0 Å². The Hall–Kier alpha value is -0.780. The molecule has 0 radical (unpaired) electrons. The van der Waals surface area contributed by atoms with Crippen molar-refractivity contribution in [2.45, 2.75) is 6.54 Å². The maximum atomic E-state index is 8.20. The standard InChI is InChI=1S/C7H7IN4/c8-6-1-5(4-9)2-7(3-6)11-12-10/h1-3H,4,9H2. The number of nitrogens with two attached hydrogens (primary N) is 1. The highest BCUT2D eigenvalue weighted by Gasteiger charge is 1.95. The minimum atomic E-state index is 0.463. The topological polar surface area (TPSA) is 74.8 Å². The van der Waals surface area contributed by atoms with Crippen LogP contribution < -0.4 is 5.73 Å². The molecule has 2 N–H and O–H groups in total. The van der Waals surface area contributed by atoms with Crippen LogP contribution in [0.1, 0.15) is 5.56 Å². The van der Waals surface area contributed by atoms with Crippen molar-refractivity contribution < 1.29 is 0 Å². The highest BCUT2D eigenvalue weighted by Crippen LogP contribution is 2.18. The molecule has 0 amide bonds. The van der Waals surface area contributed by atoms with E-state index in [1.165, 1.54) is 0 Å². The zero-order valence-corrected chi connectivity index (χ0v) is 8.39. The summed E-state index contributed by atoms with van der Waals surface area (Å²) >= 11 is 2.16. The second kappa shape index (κ2) is 4.30. The molecule has 0 heterocycles. The van der Waals surface area contributed by atoms with Gasteiger partial charge in [-0.05, 0) is 51.9 Å². The van der Waals surface area contributed by atoms with E-state index in [0.29, 0.717) is 12.2 Å². The molecule has 0 aliphatic rings. The lowest BCUT2D eigenvalue weighted by Crippen LogP contribution is -1.95. The first-order chi connectivity index (χ1) is 5.76. The molecule has 4 nitrogen and oxygen atoms in total. The van der Waals surface area contributed by atoms with E-state index in [1.807, 2.05) is 6.07 Å². The van der Waals surface area contributed by atoms with Gasteiger partial charge < -0.3 is 5.73 Å². The van der Waals surface area contributed by atoms with E-state index in [9.17, 15) is 0 Å². The predicted molar refractivity (Wildman–Crippen MR) is 55.9 cm³/mol. The van der Waals surface area contributed by atoms with Crippen molar-refractivity contribution in [3.63, 3.8) is 0 Å². The van der Waals surface area contributed by atoms with Gasteiger partial charge >= 0.3 is 0 Å². The second-order valence-corrected chi connectivity index (χ2v) is 3.46. The summed E-state index contributed by atoms with van der Waals surface area (Å²) in [5, 5.41) is 3.50. The molecule has 5 heteroatoms. The Kier molecular flexibility index (Phi) is 3.33. The maximum absolute atomic E-state index is 8.20. The smallest absolute Gasteiger partial charge is 0.0389 e. The largest absolute Gasteiger partial charge is 0.326 e. The van der Waals surface area contributed by atoms with Gasteiger partial charge in [-0.1, -0.05) is 5.11 Å². The van der Waals surface area contributed by atoms with Gasteiger partial charge in [-0.25, -0.2) is 0 Å². The average Bonchev–Trinajstić information content (AvgIpc) is 2.04. The summed E-state index contributed by atoms with van der Waals surface area (Å²) in [5.41, 5.74) is 15.2. The third-order valence-electron chi connectivity index (χ3n) is 1.34. The van der Waals surface area contributed by atoms with Crippen LogP contribution in [-0.4, -0.2) is 0 Å². The van der Waals surface area contributed by atoms with Crippen LogP contribution in [0.2, 0.25) is 0 Å². The second-order valence-electron chi connectivity index (χ2n) is 2.21. The molecule has 0 bridgehead atoms. The van der Waals surface area contributed by atoms with Gasteiger partial charge in [0.05, 0.1) is 0 Å². The summed E-state index contributed by atoms with van der Waals surface area (Å²) in [7, 11) is 0. The van der Waals surface area contributed by atoms with Gasteiger partial charge in [0, 0.05) is 20.7 Å². The first-order valence-electron chi connectivity index (χ1n) is 3.31. The van der Waals surface area contributed by atoms with Crippen LogP contribution in [0.25, 0.3) is 10.4 Å².